The Bertz CT molecular complexity index is 415. The number of nitrogens with zero attached hydrogens (tertiary/aromatic N) is 1. The summed E-state index contributed by atoms with van der Waals surface area (Å²) in [6.45, 7) is 1.97. The number of hydrogen-bond acceptors (Lipinski definition) is 4. The van der Waals surface area contributed by atoms with Crippen LogP contribution in [0.4, 0.5) is 10.1 Å². The predicted octanol–water partition coefficient (Wildman–Crippen LogP) is 2.22. The summed E-state index contributed by atoms with van der Waals surface area (Å²) in [7, 11) is 0. The minimum Gasteiger partial charge on any atom is -0.395 e. The summed E-state index contributed by atoms with van der Waals surface area (Å²) in [5.41, 5.74) is 0.864. The number of nitriles is 1. The number of aliphatic hydroxyl groups is 1. The first-order valence-electron chi connectivity index (χ1n) is 5.22. The lowest BCUT2D eigenvalue weighted by Gasteiger charge is -2.22. The highest BCUT2D eigenvalue weighted by molar-refractivity contribution is 7.99. The molecule has 5 heteroatoms. The van der Waals surface area contributed by atoms with Crippen molar-refractivity contribution in [1.82, 2.24) is 0 Å². The van der Waals surface area contributed by atoms with E-state index >= 15 is 0 Å². The summed E-state index contributed by atoms with van der Waals surface area (Å²) >= 11 is 1.54. The Kier molecular flexibility index (Phi) is 5.26. The zero-order valence-corrected chi connectivity index (χ0v) is 10.6. The largest absolute Gasteiger partial charge is 0.395 e. The van der Waals surface area contributed by atoms with E-state index in [0.717, 1.165) is 0 Å². The first-order chi connectivity index (χ1) is 8.12. The molecule has 0 radical (unpaired) electrons. The van der Waals surface area contributed by atoms with Gasteiger partial charge in [0.25, 0.3) is 0 Å². The summed E-state index contributed by atoms with van der Waals surface area (Å²) < 4.78 is 12.9. The molecule has 0 heterocycles. The molecule has 0 aliphatic carbocycles. The monoisotopic (exact) mass is 254 g/mol. The molecular formula is C12H15FN2OS. The second kappa shape index (κ2) is 6.48. The third kappa shape index (κ3) is 3.62. The van der Waals surface area contributed by atoms with E-state index in [1.165, 1.54) is 12.1 Å². The van der Waals surface area contributed by atoms with Gasteiger partial charge in [-0.3, -0.25) is 0 Å². The molecule has 2 N–H and O–H groups in total. The number of benzene rings is 1. The van der Waals surface area contributed by atoms with Gasteiger partial charge in [0, 0.05) is 11.3 Å². The molecule has 0 spiro atoms. The molecule has 1 rings (SSSR count). The van der Waals surface area contributed by atoms with Crippen LogP contribution >= 0.6 is 11.8 Å². The molecule has 1 aromatic carbocycles. The van der Waals surface area contributed by atoms with Crippen LogP contribution in [0.3, 0.4) is 0 Å². The summed E-state index contributed by atoms with van der Waals surface area (Å²) in [6.07, 6.45) is 1.91. The lowest BCUT2D eigenvalue weighted by atomic mass is 10.1. The van der Waals surface area contributed by atoms with E-state index in [2.05, 4.69) is 5.32 Å². The third-order valence-electron chi connectivity index (χ3n) is 2.53. The van der Waals surface area contributed by atoms with Crippen LogP contribution in [0.1, 0.15) is 12.5 Å². The number of anilines is 1. The topological polar surface area (TPSA) is 56.0 Å². The van der Waals surface area contributed by atoms with E-state index in [1.54, 1.807) is 17.8 Å². The van der Waals surface area contributed by atoms with Crippen LogP contribution in [0.2, 0.25) is 0 Å². The van der Waals surface area contributed by atoms with E-state index in [1.807, 2.05) is 19.2 Å². The fourth-order valence-electron chi connectivity index (χ4n) is 1.51. The van der Waals surface area contributed by atoms with Crippen molar-refractivity contribution >= 4 is 17.4 Å². The van der Waals surface area contributed by atoms with Crippen LogP contribution in [0.15, 0.2) is 18.2 Å². The molecule has 3 nitrogen and oxygen atoms in total. The fraction of sp³-hybridized carbons (Fsp3) is 0.417. The Labute approximate surface area is 105 Å². The van der Waals surface area contributed by atoms with Gasteiger partial charge in [0.15, 0.2) is 0 Å². The molecule has 0 saturated heterocycles. The average molecular weight is 254 g/mol. The smallest absolute Gasteiger partial charge is 0.124 e. The summed E-state index contributed by atoms with van der Waals surface area (Å²) in [4.78, 5) is 0. The van der Waals surface area contributed by atoms with Crippen LogP contribution in [-0.4, -0.2) is 29.3 Å². The van der Waals surface area contributed by atoms with E-state index in [-0.39, 0.29) is 23.5 Å². The second-order valence-electron chi connectivity index (χ2n) is 3.69. The Balaban J connectivity index is 2.85. The SMILES string of the molecule is CS[C@@H](CO)[C@H](C)Nc1ccc(F)cc1C#N. The van der Waals surface area contributed by atoms with Gasteiger partial charge in [0.2, 0.25) is 0 Å². The summed E-state index contributed by atoms with van der Waals surface area (Å²) in [5.74, 6) is -0.427. The quantitative estimate of drug-likeness (QED) is 0.846. The van der Waals surface area contributed by atoms with Crippen molar-refractivity contribution < 1.29 is 9.50 Å². The first-order valence-corrected chi connectivity index (χ1v) is 6.51. The van der Waals surface area contributed by atoms with Crippen molar-refractivity contribution in [2.24, 2.45) is 0 Å². The van der Waals surface area contributed by atoms with Gasteiger partial charge in [-0.1, -0.05) is 0 Å². The molecule has 17 heavy (non-hydrogen) atoms. The Morgan fingerprint density at radius 3 is 2.82 bits per heavy atom. The van der Waals surface area contributed by atoms with Crippen molar-refractivity contribution in [3.8, 4) is 6.07 Å². The number of thioether (sulfide) groups is 1. The van der Waals surface area contributed by atoms with Gasteiger partial charge in [-0.25, -0.2) is 4.39 Å². The van der Waals surface area contributed by atoms with Crippen molar-refractivity contribution in [3.63, 3.8) is 0 Å². The number of nitrogens with one attached hydrogen (secondary N) is 1. The van der Waals surface area contributed by atoms with Crippen LogP contribution < -0.4 is 5.32 Å². The maximum atomic E-state index is 12.9. The zero-order valence-electron chi connectivity index (χ0n) is 9.77. The number of rotatable bonds is 5. The molecule has 92 valence electrons. The lowest BCUT2D eigenvalue weighted by Crippen LogP contribution is -2.31. The van der Waals surface area contributed by atoms with Crippen LogP contribution in [0.25, 0.3) is 0 Å². The van der Waals surface area contributed by atoms with Crippen molar-refractivity contribution in [2.45, 2.75) is 18.2 Å². The first kappa shape index (κ1) is 13.8. The molecule has 0 aromatic heterocycles. The standard InChI is InChI=1S/C12H15FN2OS/c1-8(12(7-16)17-2)15-11-4-3-10(13)5-9(11)6-14/h3-5,8,12,15-16H,7H2,1-2H3/t8-,12-/m0/s1. The molecule has 0 amide bonds. The maximum absolute atomic E-state index is 12.9. The highest BCUT2D eigenvalue weighted by Gasteiger charge is 2.16. The molecular weight excluding hydrogens is 239 g/mol. The molecule has 0 aliphatic rings. The van der Waals surface area contributed by atoms with Gasteiger partial charge in [0.05, 0.1) is 17.9 Å². The third-order valence-corrected chi connectivity index (χ3v) is 3.69. The van der Waals surface area contributed by atoms with E-state index in [0.29, 0.717) is 5.69 Å². The fourth-order valence-corrected chi connectivity index (χ4v) is 2.14. The zero-order chi connectivity index (χ0) is 12.8. The summed E-state index contributed by atoms with van der Waals surface area (Å²) in [5, 5.41) is 21.2. The number of aliphatic hydroxyl groups excluding tert-OH is 1. The number of halogens is 1. The molecule has 2 atom stereocenters. The molecule has 1 aromatic rings. The highest BCUT2D eigenvalue weighted by Crippen LogP contribution is 2.20. The van der Waals surface area contributed by atoms with Crippen LogP contribution in [-0.2, 0) is 0 Å². The van der Waals surface area contributed by atoms with Gasteiger partial charge in [-0.2, -0.15) is 17.0 Å². The maximum Gasteiger partial charge on any atom is 0.124 e. The van der Waals surface area contributed by atoms with Gasteiger partial charge in [-0.15, -0.1) is 0 Å². The van der Waals surface area contributed by atoms with Crippen molar-refractivity contribution in [2.75, 3.05) is 18.2 Å². The highest BCUT2D eigenvalue weighted by atomic mass is 32.2. The second-order valence-corrected chi connectivity index (χ2v) is 4.77. The summed E-state index contributed by atoms with van der Waals surface area (Å²) in [6, 6.07) is 5.98. The lowest BCUT2D eigenvalue weighted by molar-refractivity contribution is 0.288. The number of hydrogen-bond donors (Lipinski definition) is 2. The van der Waals surface area contributed by atoms with Gasteiger partial charge in [0.1, 0.15) is 11.9 Å². The van der Waals surface area contributed by atoms with Gasteiger partial charge < -0.3 is 10.4 Å². The molecule has 0 bridgehead atoms. The Hall–Kier alpha value is -1.25. The molecule has 0 fully saturated rings. The molecule has 0 saturated carbocycles. The van der Waals surface area contributed by atoms with Crippen LogP contribution in [0.5, 0.6) is 0 Å². The minimum absolute atomic E-state index is 0.00689. The van der Waals surface area contributed by atoms with E-state index in [4.69, 9.17) is 10.4 Å². The minimum atomic E-state index is -0.427. The van der Waals surface area contributed by atoms with Crippen LogP contribution in [0, 0.1) is 17.1 Å². The predicted molar refractivity (Wildman–Crippen MR) is 68.6 cm³/mol. The average Bonchev–Trinajstić information content (AvgIpc) is 2.33. The van der Waals surface area contributed by atoms with E-state index < -0.39 is 5.82 Å². The normalized spacial score (nSPS) is 13.8. The van der Waals surface area contributed by atoms with Gasteiger partial charge in [-0.05, 0) is 31.4 Å². The Morgan fingerprint density at radius 2 is 2.29 bits per heavy atom. The Morgan fingerprint density at radius 1 is 1.59 bits per heavy atom. The van der Waals surface area contributed by atoms with Crippen molar-refractivity contribution in [3.05, 3.63) is 29.6 Å². The molecule has 0 unspecified atom stereocenters. The van der Waals surface area contributed by atoms with Gasteiger partial charge >= 0.3 is 0 Å². The van der Waals surface area contributed by atoms with E-state index in [9.17, 15) is 4.39 Å². The molecule has 0 aliphatic heterocycles. The van der Waals surface area contributed by atoms with Crippen molar-refractivity contribution in [1.29, 1.82) is 5.26 Å².